The molecule has 72 valence electrons. The normalized spacial score (nSPS) is 10.0. The predicted molar refractivity (Wildman–Crippen MR) is 54.0 cm³/mol. The predicted octanol–water partition coefficient (Wildman–Crippen LogP) is 1.48. The Bertz CT molecular complexity index is 259. The van der Waals surface area contributed by atoms with Crippen LogP contribution in [0.3, 0.4) is 0 Å². The number of rotatable bonds is 4. The lowest BCUT2D eigenvalue weighted by Gasteiger charge is -2.14. The van der Waals surface area contributed by atoms with Crippen LogP contribution in [0.1, 0.15) is 12.8 Å². The lowest BCUT2D eigenvalue weighted by molar-refractivity contribution is -0.118. The zero-order valence-corrected chi connectivity index (χ0v) is 8.38. The molecule has 1 N–H and O–H groups in total. The molecule has 0 atom stereocenters. The summed E-state index contributed by atoms with van der Waals surface area (Å²) in [6, 6.07) is 3.82. The second-order valence-electron chi connectivity index (χ2n) is 2.73. The smallest absolute Gasteiger partial charge is 0.227 e. The number of carbonyl (C=O) groups is 1. The third-order valence-electron chi connectivity index (χ3n) is 1.76. The maximum absolute atomic E-state index is 11.4. The van der Waals surface area contributed by atoms with Crippen LogP contribution in [0.2, 0.25) is 0 Å². The highest BCUT2D eigenvalue weighted by atomic mass is 32.1. The van der Waals surface area contributed by atoms with Crippen LogP contribution in [-0.4, -0.2) is 24.7 Å². The highest BCUT2D eigenvalue weighted by Crippen LogP contribution is 2.20. The van der Waals surface area contributed by atoms with Crippen LogP contribution >= 0.6 is 11.3 Å². The van der Waals surface area contributed by atoms with E-state index >= 15 is 0 Å². The third kappa shape index (κ3) is 2.82. The van der Waals surface area contributed by atoms with Crippen molar-refractivity contribution >= 4 is 22.2 Å². The number of aliphatic hydroxyl groups is 1. The molecule has 0 fully saturated rings. The average molecular weight is 199 g/mol. The van der Waals surface area contributed by atoms with Crippen molar-refractivity contribution in [1.29, 1.82) is 0 Å². The standard InChI is InChI=1S/C9H13NO2S/c1-10(8(12)4-2-6-11)9-5-3-7-13-9/h3,5,7,11H,2,4,6H2,1H3. The molecule has 0 aromatic carbocycles. The molecule has 3 nitrogen and oxygen atoms in total. The molecule has 13 heavy (non-hydrogen) atoms. The first-order chi connectivity index (χ1) is 6.25. The second-order valence-corrected chi connectivity index (χ2v) is 3.66. The molecule has 0 bridgehead atoms. The van der Waals surface area contributed by atoms with Crippen LogP contribution in [0, 0.1) is 0 Å². The van der Waals surface area contributed by atoms with Crippen LogP contribution in [-0.2, 0) is 4.79 Å². The van der Waals surface area contributed by atoms with Crippen molar-refractivity contribution in [2.75, 3.05) is 18.6 Å². The first-order valence-electron chi connectivity index (χ1n) is 4.16. The van der Waals surface area contributed by atoms with E-state index in [1.807, 2.05) is 17.5 Å². The van der Waals surface area contributed by atoms with Gasteiger partial charge in [0.1, 0.15) is 0 Å². The van der Waals surface area contributed by atoms with E-state index in [0.29, 0.717) is 12.8 Å². The summed E-state index contributed by atoms with van der Waals surface area (Å²) in [5.41, 5.74) is 0. The summed E-state index contributed by atoms with van der Waals surface area (Å²) in [6.07, 6.45) is 0.944. The minimum absolute atomic E-state index is 0.0523. The number of aliphatic hydroxyl groups excluding tert-OH is 1. The van der Waals surface area contributed by atoms with Crippen LogP contribution in [0.4, 0.5) is 5.00 Å². The zero-order valence-electron chi connectivity index (χ0n) is 7.56. The van der Waals surface area contributed by atoms with Gasteiger partial charge in [-0.25, -0.2) is 0 Å². The minimum Gasteiger partial charge on any atom is -0.396 e. The Morgan fingerprint density at radius 3 is 3.00 bits per heavy atom. The Morgan fingerprint density at radius 2 is 2.46 bits per heavy atom. The van der Waals surface area contributed by atoms with E-state index in [1.165, 1.54) is 11.3 Å². The minimum atomic E-state index is 0.0523. The molecule has 0 saturated carbocycles. The maximum Gasteiger partial charge on any atom is 0.227 e. The zero-order chi connectivity index (χ0) is 9.68. The molecule has 1 heterocycles. The van der Waals surface area contributed by atoms with Crippen molar-refractivity contribution in [2.45, 2.75) is 12.8 Å². The molecule has 1 rings (SSSR count). The summed E-state index contributed by atoms with van der Waals surface area (Å²) in [6.45, 7) is 0.0734. The Balaban J connectivity index is 2.48. The summed E-state index contributed by atoms with van der Waals surface area (Å²) in [5.74, 6) is 0.0523. The van der Waals surface area contributed by atoms with Gasteiger partial charge in [0.15, 0.2) is 0 Å². The molecule has 1 amide bonds. The van der Waals surface area contributed by atoms with Crippen LogP contribution in [0.5, 0.6) is 0 Å². The molecule has 0 unspecified atom stereocenters. The van der Waals surface area contributed by atoms with E-state index in [9.17, 15) is 4.79 Å². The fraction of sp³-hybridized carbons (Fsp3) is 0.444. The number of thiophene rings is 1. The Kier molecular flexibility index (Phi) is 3.92. The molecular formula is C9H13NO2S. The number of amides is 1. The van der Waals surface area contributed by atoms with Gasteiger partial charge in [0, 0.05) is 20.1 Å². The van der Waals surface area contributed by atoms with E-state index in [1.54, 1.807) is 11.9 Å². The third-order valence-corrected chi connectivity index (χ3v) is 2.70. The van der Waals surface area contributed by atoms with Crippen molar-refractivity contribution in [3.05, 3.63) is 17.5 Å². The Morgan fingerprint density at radius 1 is 1.69 bits per heavy atom. The number of carbonyl (C=O) groups excluding carboxylic acids is 1. The van der Waals surface area contributed by atoms with Gasteiger partial charge >= 0.3 is 0 Å². The van der Waals surface area contributed by atoms with Crippen molar-refractivity contribution < 1.29 is 9.90 Å². The molecule has 0 aliphatic heterocycles. The molecule has 1 aromatic rings. The van der Waals surface area contributed by atoms with Crippen molar-refractivity contribution in [3.8, 4) is 0 Å². The first-order valence-corrected chi connectivity index (χ1v) is 5.04. The van der Waals surface area contributed by atoms with Gasteiger partial charge in [0.25, 0.3) is 0 Å². The molecule has 0 saturated heterocycles. The number of hydrogen-bond acceptors (Lipinski definition) is 3. The summed E-state index contributed by atoms with van der Waals surface area (Å²) >= 11 is 1.54. The molecule has 0 aliphatic rings. The van der Waals surface area contributed by atoms with Gasteiger partial charge in [0.05, 0.1) is 5.00 Å². The Hall–Kier alpha value is -0.870. The molecule has 4 heteroatoms. The van der Waals surface area contributed by atoms with Gasteiger partial charge < -0.3 is 10.0 Å². The van der Waals surface area contributed by atoms with Gasteiger partial charge in [-0.2, -0.15) is 0 Å². The van der Waals surface area contributed by atoms with Gasteiger partial charge in [0.2, 0.25) is 5.91 Å². The summed E-state index contributed by atoms with van der Waals surface area (Å²) in [4.78, 5) is 13.0. The average Bonchev–Trinajstić information content (AvgIpc) is 2.65. The summed E-state index contributed by atoms with van der Waals surface area (Å²) < 4.78 is 0. The highest BCUT2D eigenvalue weighted by molar-refractivity contribution is 7.14. The van der Waals surface area contributed by atoms with Crippen molar-refractivity contribution in [1.82, 2.24) is 0 Å². The molecule has 0 spiro atoms. The van der Waals surface area contributed by atoms with Crippen LogP contribution in [0.25, 0.3) is 0 Å². The number of hydrogen-bond donors (Lipinski definition) is 1. The van der Waals surface area contributed by atoms with Crippen LogP contribution in [0.15, 0.2) is 17.5 Å². The van der Waals surface area contributed by atoms with Gasteiger partial charge in [-0.05, 0) is 23.9 Å². The lowest BCUT2D eigenvalue weighted by Crippen LogP contribution is -2.25. The fourth-order valence-corrected chi connectivity index (χ4v) is 1.70. The second kappa shape index (κ2) is 4.99. The van der Waals surface area contributed by atoms with E-state index in [0.717, 1.165) is 5.00 Å². The highest BCUT2D eigenvalue weighted by Gasteiger charge is 2.10. The molecular weight excluding hydrogens is 186 g/mol. The van der Waals surface area contributed by atoms with Crippen molar-refractivity contribution in [3.63, 3.8) is 0 Å². The fourth-order valence-electron chi connectivity index (χ4n) is 0.982. The molecule has 1 aromatic heterocycles. The molecule has 0 aliphatic carbocycles. The van der Waals surface area contributed by atoms with Crippen molar-refractivity contribution in [2.24, 2.45) is 0 Å². The van der Waals surface area contributed by atoms with Gasteiger partial charge in [-0.15, -0.1) is 11.3 Å². The summed E-state index contributed by atoms with van der Waals surface area (Å²) in [5, 5.41) is 11.4. The lowest BCUT2D eigenvalue weighted by atomic mass is 10.3. The largest absolute Gasteiger partial charge is 0.396 e. The van der Waals surface area contributed by atoms with E-state index in [2.05, 4.69) is 0 Å². The van der Waals surface area contributed by atoms with Gasteiger partial charge in [-0.3, -0.25) is 4.79 Å². The maximum atomic E-state index is 11.4. The van der Waals surface area contributed by atoms with E-state index in [-0.39, 0.29) is 12.5 Å². The van der Waals surface area contributed by atoms with E-state index in [4.69, 9.17) is 5.11 Å². The van der Waals surface area contributed by atoms with Gasteiger partial charge in [-0.1, -0.05) is 0 Å². The van der Waals surface area contributed by atoms with E-state index < -0.39 is 0 Å². The van der Waals surface area contributed by atoms with Crippen LogP contribution < -0.4 is 4.90 Å². The SMILES string of the molecule is CN(C(=O)CCCO)c1cccs1. The first kappa shape index (κ1) is 10.2. The molecule has 0 radical (unpaired) electrons. The Labute approximate surface area is 81.6 Å². The summed E-state index contributed by atoms with van der Waals surface area (Å²) in [7, 11) is 1.76. The topological polar surface area (TPSA) is 40.5 Å². The monoisotopic (exact) mass is 199 g/mol. The number of anilines is 1. The number of nitrogens with zero attached hydrogens (tertiary/aromatic N) is 1. The quantitative estimate of drug-likeness (QED) is 0.798.